The van der Waals surface area contributed by atoms with Crippen LogP contribution >= 0.6 is 15.9 Å². The molecule has 1 saturated heterocycles. The van der Waals surface area contributed by atoms with Crippen molar-refractivity contribution in [2.75, 3.05) is 6.54 Å². The van der Waals surface area contributed by atoms with E-state index in [0.29, 0.717) is 12.5 Å². The summed E-state index contributed by atoms with van der Waals surface area (Å²) in [5, 5.41) is 8.98. The fraction of sp³-hybridized carbons (Fsp3) is 0.636. The molecule has 1 aromatic heterocycles. The molecule has 2 rings (SSSR count). The van der Waals surface area contributed by atoms with Gasteiger partial charge in [0.25, 0.3) is 0 Å². The first-order valence-electron chi connectivity index (χ1n) is 5.77. The zero-order valence-corrected chi connectivity index (χ0v) is 12.7. The smallest absolute Gasteiger partial charge is 0.247 e. The van der Waals surface area contributed by atoms with Crippen LogP contribution in [0.25, 0.3) is 0 Å². The molecule has 0 saturated carbocycles. The van der Waals surface area contributed by atoms with Gasteiger partial charge in [0.2, 0.25) is 10.0 Å². The van der Waals surface area contributed by atoms with E-state index in [1.165, 1.54) is 10.4 Å². The zero-order chi connectivity index (χ0) is 13.5. The Morgan fingerprint density at radius 1 is 1.56 bits per heavy atom. The highest BCUT2D eigenvalue weighted by molar-refractivity contribution is 9.10. The fourth-order valence-corrected chi connectivity index (χ4v) is 5.10. The van der Waals surface area contributed by atoms with E-state index in [0.717, 1.165) is 6.42 Å². The first kappa shape index (κ1) is 14.0. The molecule has 1 aliphatic heterocycles. The summed E-state index contributed by atoms with van der Waals surface area (Å²) in [5.41, 5.74) is 0. The molecule has 2 atom stereocenters. The van der Waals surface area contributed by atoms with Gasteiger partial charge in [0, 0.05) is 18.7 Å². The number of hydrogen-bond acceptors (Lipinski definition) is 4. The lowest BCUT2D eigenvalue weighted by Gasteiger charge is -2.20. The van der Waals surface area contributed by atoms with E-state index in [9.17, 15) is 8.42 Å². The fourth-order valence-electron chi connectivity index (χ4n) is 2.37. The van der Waals surface area contributed by atoms with Gasteiger partial charge in [0.1, 0.15) is 17.3 Å². The van der Waals surface area contributed by atoms with Crippen molar-refractivity contribution in [3.05, 3.63) is 16.5 Å². The molecule has 0 aromatic carbocycles. The molecule has 2 heterocycles. The minimum atomic E-state index is -3.56. The lowest BCUT2D eigenvalue weighted by Crippen LogP contribution is -2.33. The van der Waals surface area contributed by atoms with E-state index >= 15 is 0 Å². The summed E-state index contributed by atoms with van der Waals surface area (Å²) in [5.74, 6) is 0.595. The van der Waals surface area contributed by atoms with Gasteiger partial charge in [-0.15, -0.1) is 0 Å². The molecule has 0 radical (unpaired) electrons. The molecule has 1 aromatic rings. The molecule has 1 fully saturated rings. The average molecular weight is 338 g/mol. The number of sulfonamides is 1. The molecule has 7 heteroatoms. The summed E-state index contributed by atoms with van der Waals surface area (Å²) in [6, 6.07) is 1.36. The summed E-state index contributed by atoms with van der Waals surface area (Å²) >= 11 is 3.09. The first-order chi connectivity index (χ1) is 8.36. The molecule has 1 aliphatic rings. The summed E-state index contributed by atoms with van der Waals surface area (Å²) in [4.78, 5) is 0.0903. The first-order valence-corrected chi connectivity index (χ1v) is 8.00. The van der Waals surface area contributed by atoms with Crippen molar-refractivity contribution in [1.82, 2.24) is 4.31 Å². The van der Waals surface area contributed by atoms with E-state index in [-0.39, 0.29) is 28.0 Å². The zero-order valence-electron chi connectivity index (χ0n) is 10.3. The minimum Gasteiger partial charge on any atom is -0.450 e. The lowest BCUT2D eigenvalue weighted by molar-refractivity contribution is 0.245. The Balaban J connectivity index is 2.39. The van der Waals surface area contributed by atoms with E-state index in [4.69, 9.17) is 9.52 Å². The second-order valence-electron chi connectivity index (χ2n) is 4.77. The van der Waals surface area contributed by atoms with Crippen LogP contribution in [-0.4, -0.2) is 30.4 Å². The van der Waals surface area contributed by atoms with Crippen molar-refractivity contribution in [3.63, 3.8) is 0 Å². The summed E-state index contributed by atoms with van der Waals surface area (Å²) < 4.78 is 31.8. The Bertz CT molecular complexity index is 539. The maximum Gasteiger partial charge on any atom is 0.247 e. The minimum absolute atomic E-state index is 0.00984. The molecular formula is C11H16BrNO4S. The third-order valence-corrected chi connectivity index (χ3v) is 6.01. The monoisotopic (exact) mass is 337 g/mol. The standard InChI is InChI=1S/C11H16BrNO4S/c1-7-3-8(2)13(5-7)18(15,16)10-4-9(6-14)17-11(10)12/h4,7-8,14H,3,5-6H2,1-2H3. The maximum absolute atomic E-state index is 12.5. The van der Waals surface area contributed by atoms with Crippen molar-refractivity contribution in [2.45, 2.75) is 37.8 Å². The van der Waals surface area contributed by atoms with Gasteiger partial charge in [0.05, 0.1) is 0 Å². The molecule has 0 bridgehead atoms. The summed E-state index contributed by atoms with van der Waals surface area (Å²) in [6.07, 6.45) is 0.863. The Morgan fingerprint density at radius 3 is 2.67 bits per heavy atom. The van der Waals surface area contributed by atoms with Crippen LogP contribution in [0, 0.1) is 5.92 Å². The van der Waals surface area contributed by atoms with Crippen LogP contribution in [0.15, 0.2) is 20.0 Å². The number of furan rings is 1. The second kappa shape index (κ2) is 4.96. The van der Waals surface area contributed by atoms with Gasteiger partial charge in [0.15, 0.2) is 4.67 Å². The summed E-state index contributed by atoms with van der Waals surface area (Å²) in [7, 11) is -3.56. The molecule has 0 amide bonds. The number of aliphatic hydroxyl groups is 1. The third-order valence-electron chi connectivity index (χ3n) is 3.18. The van der Waals surface area contributed by atoms with E-state index in [1.54, 1.807) is 0 Å². The second-order valence-corrected chi connectivity index (χ2v) is 7.35. The Kier molecular flexibility index (Phi) is 3.87. The van der Waals surface area contributed by atoms with Crippen LogP contribution in [0.2, 0.25) is 0 Å². The van der Waals surface area contributed by atoms with Crippen LogP contribution in [0.5, 0.6) is 0 Å². The van der Waals surface area contributed by atoms with Gasteiger partial charge in [-0.05, 0) is 35.2 Å². The molecule has 102 valence electrons. The third kappa shape index (κ3) is 2.36. The van der Waals surface area contributed by atoms with Crippen LogP contribution < -0.4 is 0 Å². The maximum atomic E-state index is 12.5. The Hall–Kier alpha value is -0.370. The van der Waals surface area contributed by atoms with Crippen LogP contribution in [0.1, 0.15) is 26.0 Å². The normalized spacial score (nSPS) is 25.8. The van der Waals surface area contributed by atoms with Gasteiger partial charge < -0.3 is 9.52 Å². The number of hydrogen-bond donors (Lipinski definition) is 1. The lowest BCUT2D eigenvalue weighted by atomic mass is 10.1. The Morgan fingerprint density at radius 2 is 2.22 bits per heavy atom. The van der Waals surface area contributed by atoms with Crippen molar-refractivity contribution < 1.29 is 17.9 Å². The van der Waals surface area contributed by atoms with Crippen LogP contribution in [0.4, 0.5) is 0 Å². The van der Waals surface area contributed by atoms with Crippen molar-refractivity contribution >= 4 is 26.0 Å². The molecule has 2 unspecified atom stereocenters. The molecular weight excluding hydrogens is 322 g/mol. The number of rotatable bonds is 3. The average Bonchev–Trinajstić information content (AvgIpc) is 2.82. The quantitative estimate of drug-likeness (QED) is 0.915. The highest BCUT2D eigenvalue weighted by atomic mass is 79.9. The topological polar surface area (TPSA) is 70.8 Å². The predicted molar refractivity (Wildman–Crippen MR) is 69.5 cm³/mol. The number of nitrogens with zero attached hydrogens (tertiary/aromatic N) is 1. The van der Waals surface area contributed by atoms with Gasteiger partial charge in [-0.2, -0.15) is 4.31 Å². The molecule has 0 aliphatic carbocycles. The van der Waals surface area contributed by atoms with Crippen LogP contribution in [0.3, 0.4) is 0 Å². The van der Waals surface area contributed by atoms with Crippen molar-refractivity contribution in [1.29, 1.82) is 0 Å². The van der Waals surface area contributed by atoms with E-state index in [2.05, 4.69) is 15.9 Å². The van der Waals surface area contributed by atoms with Crippen molar-refractivity contribution in [3.8, 4) is 0 Å². The van der Waals surface area contributed by atoms with Crippen LogP contribution in [-0.2, 0) is 16.6 Å². The largest absolute Gasteiger partial charge is 0.450 e. The number of aliphatic hydroxyl groups excluding tert-OH is 1. The Labute approximate surface area is 115 Å². The molecule has 1 N–H and O–H groups in total. The SMILES string of the molecule is CC1CC(C)N(S(=O)(=O)c2cc(CO)oc2Br)C1. The van der Waals surface area contributed by atoms with Crippen molar-refractivity contribution in [2.24, 2.45) is 5.92 Å². The summed E-state index contributed by atoms with van der Waals surface area (Å²) in [6.45, 7) is 4.15. The number of halogens is 1. The predicted octanol–water partition coefficient (Wildman–Crippen LogP) is 1.95. The molecule has 5 nitrogen and oxygen atoms in total. The van der Waals surface area contributed by atoms with E-state index in [1.807, 2.05) is 13.8 Å². The van der Waals surface area contributed by atoms with Gasteiger partial charge in [-0.25, -0.2) is 8.42 Å². The van der Waals surface area contributed by atoms with Gasteiger partial charge in [-0.3, -0.25) is 0 Å². The van der Waals surface area contributed by atoms with Gasteiger partial charge >= 0.3 is 0 Å². The highest BCUT2D eigenvalue weighted by Gasteiger charge is 2.38. The highest BCUT2D eigenvalue weighted by Crippen LogP contribution is 2.34. The van der Waals surface area contributed by atoms with Gasteiger partial charge in [-0.1, -0.05) is 6.92 Å². The molecule has 0 spiro atoms. The van der Waals surface area contributed by atoms with E-state index < -0.39 is 10.0 Å². The molecule has 18 heavy (non-hydrogen) atoms.